The Morgan fingerprint density at radius 3 is 2.85 bits per heavy atom. The molecule has 34 heavy (non-hydrogen) atoms. The average Bonchev–Trinajstić information content (AvgIpc) is 3.49. The standard InChI is InChI=1S/C22H18ClN9OS/c1-12(26-22(33)19-20(24)25-11-15(28-19)16-6-3-9-34-16)21-30-29-18-8-7-17(31-32(18)21)27-14-5-2-4-13(23)10-14/h2-12H,1H3,(H2,24,25)(H,26,33)(H,27,31)/t12-/m1/s1. The van der Waals surface area contributed by atoms with Crippen LogP contribution in [0.15, 0.2) is 60.1 Å². The number of carbonyl (C=O) groups is 1. The fourth-order valence-electron chi connectivity index (χ4n) is 3.29. The maximum Gasteiger partial charge on any atom is 0.274 e. The second-order valence-electron chi connectivity index (χ2n) is 7.34. The van der Waals surface area contributed by atoms with Crippen LogP contribution < -0.4 is 16.4 Å². The first-order chi connectivity index (χ1) is 16.5. The largest absolute Gasteiger partial charge is 0.382 e. The van der Waals surface area contributed by atoms with Crippen LogP contribution in [0.25, 0.3) is 16.2 Å². The molecule has 0 radical (unpaired) electrons. The zero-order valence-corrected chi connectivity index (χ0v) is 19.4. The highest BCUT2D eigenvalue weighted by Crippen LogP contribution is 2.24. The lowest BCUT2D eigenvalue weighted by Crippen LogP contribution is -2.30. The van der Waals surface area contributed by atoms with Crippen LogP contribution in [0.2, 0.25) is 5.02 Å². The van der Waals surface area contributed by atoms with Gasteiger partial charge in [0.2, 0.25) is 0 Å². The molecule has 5 aromatic rings. The van der Waals surface area contributed by atoms with Crippen LogP contribution in [-0.2, 0) is 0 Å². The van der Waals surface area contributed by atoms with E-state index in [1.54, 1.807) is 41.9 Å². The van der Waals surface area contributed by atoms with Gasteiger partial charge in [0.1, 0.15) is 0 Å². The molecule has 0 aliphatic rings. The number of halogens is 1. The zero-order chi connectivity index (χ0) is 23.7. The lowest BCUT2D eigenvalue weighted by Gasteiger charge is -2.13. The molecule has 0 aliphatic carbocycles. The van der Waals surface area contributed by atoms with Crippen LogP contribution in [0.1, 0.15) is 29.3 Å². The molecule has 4 aromatic heterocycles. The third-order valence-electron chi connectivity index (χ3n) is 4.91. The van der Waals surface area contributed by atoms with Crippen molar-refractivity contribution in [3.8, 4) is 10.6 Å². The SMILES string of the molecule is C[C@@H](NC(=O)c1nc(-c2cccs2)cnc1N)c1nnc2ccc(Nc3cccc(Cl)c3)nn12. The van der Waals surface area contributed by atoms with Gasteiger partial charge < -0.3 is 16.4 Å². The molecule has 1 aromatic carbocycles. The van der Waals surface area contributed by atoms with E-state index >= 15 is 0 Å². The molecule has 0 spiro atoms. The van der Waals surface area contributed by atoms with Crippen LogP contribution >= 0.6 is 22.9 Å². The Morgan fingerprint density at radius 1 is 1.18 bits per heavy atom. The molecule has 10 nitrogen and oxygen atoms in total. The van der Waals surface area contributed by atoms with Gasteiger partial charge in [0.15, 0.2) is 28.8 Å². The maximum absolute atomic E-state index is 13.0. The van der Waals surface area contributed by atoms with E-state index in [4.69, 9.17) is 17.3 Å². The summed E-state index contributed by atoms with van der Waals surface area (Å²) < 4.78 is 1.56. The first kappa shape index (κ1) is 21.7. The number of amides is 1. The lowest BCUT2D eigenvalue weighted by atomic mass is 10.2. The Bertz CT molecular complexity index is 1490. The number of fused-ring (bicyclic) bond motifs is 1. The average molecular weight is 492 g/mol. The summed E-state index contributed by atoms with van der Waals surface area (Å²) in [5, 5.41) is 21.5. The van der Waals surface area contributed by atoms with Crippen molar-refractivity contribution in [2.75, 3.05) is 11.1 Å². The van der Waals surface area contributed by atoms with Crippen LogP contribution in [0, 0.1) is 0 Å². The molecule has 4 heterocycles. The van der Waals surface area contributed by atoms with Gasteiger partial charge >= 0.3 is 0 Å². The van der Waals surface area contributed by atoms with E-state index in [2.05, 4.69) is 35.9 Å². The molecule has 1 amide bonds. The van der Waals surface area contributed by atoms with Crippen LogP contribution in [-0.4, -0.2) is 35.7 Å². The quantitative estimate of drug-likeness (QED) is 0.323. The second-order valence-corrected chi connectivity index (χ2v) is 8.73. The smallest absolute Gasteiger partial charge is 0.274 e. The topological polar surface area (TPSA) is 136 Å². The minimum atomic E-state index is -0.539. The molecular formula is C22H18ClN9OS. The van der Waals surface area contributed by atoms with Gasteiger partial charge in [0.25, 0.3) is 5.91 Å². The summed E-state index contributed by atoms with van der Waals surface area (Å²) in [6.07, 6.45) is 1.55. The van der Waals surface area contributed by atoms with E-state index < -0.39 is 11.9 Å². The minimum absolute atomic E-state index is 0.0437. The van der Waals surface area contributed by atoms with Gasteiger partial charge in [-0.2, -0.15) is 4.52 Å². The van der Waals surface area contributed by atoms with Crippen molar-refractivity contribution < 1.29 is 4.79 Å². The Hall–Kier alpha value is -4.09. The summed E-state index contributed by atoms with van der Waals surface area (Å²) in [4.78, 5) is 22.4. The number of nitrogens with two attached hydrogens (primary N) is 1. The Labute approximate surface area is 202 Å². The molecular weight excluding hydrogens is 474 g/mol. The number of nitrogen functional groups attached to an aromatic ring is 1. The van der Waals surface area contributed by atoms with Gasteiger partial charge in [0.05, 0.1) is 22.8 Å². The van der Waals surface area contributed by atoms with Gasteiger partial charge in [-0.05, 0) is 48.7 Å². The molecule has 0 fully saturated rings. The summed E-state index contributed by atoms with van der Waals surface area (Å²) in [6, 6.07) is 14.1. The number of benzene rings is 1. The van der Waals surface area contributed by atoms with E-state index in [0.717, 1.165) is 10.6 Å². The number of aromatic nitrogens is 6. The number of anilines is 3. The Balaban J connectivity index is 1.39. The van der Waals surface area contributed by atoms with Crippen molar-refractivity contribution in [2.24, 2.45) is 0 Å². The van der Waals surface area contributed by atoms with Crippen molar-refractivity contribution in [1.82, 2.24) is 35.1 Å². The molecule has 5 rings (SSSR count). The van der Waals surface area contributed by atoms with Crippen LogP contribution in [0.5, 0.6) is 0 Å². The van der Waals surface area contributed by atoms with E-state index in [0.29, 0.717) is 28.0 Å². The Morgan fingerprint density at radius 2 is 2.06 bits per heavy atom. The molecule has 0 saturated carbocycles. The second kappa shape index (κ2) is 9.04. The van der Waals surface area contributed by atoms with Gasteiger partial charge in [-0.25, -0.2) is 9.97 Å². The number of hydrogen-bond acceptors (Lipinski definition) is 9. The third kappa shape index (κ3) is 4.38. The number of thiophene rings is 1. The molecule has 12 heteroatoms. The minimum Gasteiger partial charge on any atom is -0.382 e. The van der Waals surface area contributed by atoms with Crippen molar-refractivity contribution in [3.05, 3.63) is 76.6 Å². The highest BCUT2D eigenvalue weighted by atomic mass is 35.5. The lowest BCUT2D eigenvalue weighted by molar-refractivity contribution is 0.0933. The molecule has 0 aliphatic heterocycles. The molecule has 4 N–H and O–H groups in total. The Kier molecular flexibility index (Phi) is 5.78. The van der Waals surface area contributed by atoms with E-state index in [1.165, 1.54) is 11.3 Å². The first-order valence-electron chi connectivity index (χ1n) is 10.2. The maximum atomic E-state index is 13.0. The van der Waals surface area contributed by atoms with Crippen LogP contribution in [0.3, 0.4) is 0 Å². The van der Waals surface area contributed by atoms with Crippen molar-refractivity contribution in [3.63, 3.8) is 0 Å². The van der Waals surface area contributed by atoms with Crippen LogP contribution in [0.4, 0.5) is 17.3 Å². The van der Waals surface area contributed by atoms with Crippen molar-refractivity contribution >= 4 is 51.8 Å². The summed E-state index contributed by atoms with van der Waals surface area (Å²) in [5.41, 5.74) is 7.88. The van der Waals surface area contributed by atoms with Gasteiger partial charge in [0, 0.05) is 10.7 Å². The third-order valence-corrected chi connectivity index (χ3v) is 6.04. The van der Waals surface area contributed by atoms with E-state index in [-0.39, 0.29) is 11.5 Å². The monoisotopic (exact) mass is 491 g/mol. The molecule has 0 saturated heterocycles. The normalized spacial score (nSPS) is 11.9. The first-order valence-corrected chi connectivity index (χ1v) is 11.5. The predicted octanol–water partition coefficient (Wildman–Crippen LogP) is 4.11. The molecule has 0 unspecified atom stereocenters. The summed E-state index contributed by atoms with van der Waals surface area (Å²) >= 11 is 7.56. The summed E-state index contributed by atoms with van der Waals surface area (Å²) in [7, 11) is 0. The number of carbonyl (C=O) groups excluding carboxylic acids is 1. The zero-order valence-electron chi connectivity index (χ0n) is 17.8. The molecule has 1 atom stereocenters. The number of rotatable bonds is 6. The summed E-state index contributed by atoms with van der Waals surface area (Å²) in [5.74, 6) is 0.579. The van der Waals surface area contributed by atoms with Gasteiger partial charge in [-0.3, -0.25) is 4.79 Å². The highest BCUT2D eigenvalue weighted by Gasteiger charge is 2.21. The highest BCUT2D eigenvalue weighted by molar-refractivity contribution is 7.13. The van der Waals surface area contributed by atoms with Gasteiger partial charge in [-0.1, -0.05) is 23.7 Å². The predicted molar refractivity (Wildman–Crippen MR) is 131 cm³/mol. The van der Waals surface area contributed by atoms with Crippen molar-refractivity contribution in [2.45, 2.75) is 13.0 Å². The fraction of sp³-hybridized carbons (Fsp3) is 0.0909. The summed E-state index contributed by atoms with van der Waals surface area (Å²) in [6.45, 7) is 1.78. The molecule has 170 valence electrons. The fourth-order valence-corrected chi connectivity index (χ4v) is 4.16. The van der Waals surface area contributed by atoms with Gasteiger partial charge in [-0.15, -0.1) is 26.6 Å². The van der Waals surface area contributed by atoms with E-state index in [1.807, 2.05) is 29.6 Å². The number of hydrogen-bond donors (Lipinski definition) is 3. The number of nitrogens with one attached hydrogen (secondary N) is 2. The van der Waals surface area contributed by atoms with E-state index in [9.17, 15) is 4.79 Å². The number of nitrogens with zero attached hydrogens (tertiary/aromatic N) is 6. The van der Waals surface area contributed by atoms with Crippen molar-refractivity contribution in [1.29, 1.82) is 0 Å². The molecule has 0 bridgehead atoms.